The monoisotopic (exact) mass is 587 g/mol. The standard InChI is InChI=1S/C31H25N9O2S/c1-18(36-30(41)27-28(32)33-15-24(37-27)25-16-43-17-34-25)29-38-23-11-7-8-20(12-13-21-14-35-39(3)19(21)2)26(23)31(42)40(29)22-9-5-4-6-10-22/h4-11,14-18H,1-3H3,(H2,32,33)(H,36,41)/t18-/m1/s1. The molecular weight excluding hydrogens is 562 g/mol. The molecule has 0 spiro atoms. The second kappa shape index (κ2) is 11.3. The maximum absolute atomic E-state index is 14.2. The van der Waals surface area contributed by atoms with Gasteiger partial charge in [0.05, 0.1) is 51.8 Å². The summed E-state index contributed by atoms with van der Waals surface area (Å²) in [4.78, 5) is 45.3. The Labute approximate surface area is 250 Å². The van der Waals surface area contributed by atoms with Crippen molar-refractivity contribution in [3.8, 4) is 28.9 Å². The van der Waals surface area contributed by atoms with Crippen molar-refractivity contribution in [3.05, 3.63) is 111 Å². The highest BCUT2D eigenvalue weighted by molar-refractivity contribution is 7.07. The van der Waals surface area contributed by atoms with Crippen molar-refractivity contribution in [2.75, 3.05) is 5.73 Å². The van der Waals surface area contributed by atoms with Gasteiger partial charge in [-0.25, -0.2) is 19.9 Å². The van der Waals surface area contributed by atoms with Gasteiger partial charge in [0.15, 0.2) is 11.5 Å². The van der Waals surface area contributed by atoms with Gasteiger partial charge in [-0.2, -0.15) is 5.10 Å². The minimum Gasteiger partial charge on any atom is -0.382 e. The summed E-state index contributed by atoms with van der Waals surface area (Å²) >= 11 is 1.40. The number of nitrogen functional groups attached to an aromatic ring is 1. The normalized spacial score (nSPS) is 11.6. The third-order valence-corrected chi connectivity index (χ3v) is 7.54. The molecule has 0 radical (unpaired) electrons. The molecule has 0 unspecified atom stereocenters. The van der Waals surface area contributed by atoms with Gasteiger partial charge in [-0.1, -0.05) is 36.1 Å². The Morgan fingerprint density at radius 3 is 2.51 bits per heavy atom. The van der Waals surface area contributed by atoms with Crippen LogP contribution in [0.25, 0.3) is 28.0 Å². The van der Waals surface area contributed by atoms with E-state index in [2.05, 4.69) is 37.2 Å². The molecule has 0 bridgehead atoms. The summed E-state index contributed by atoms with van der Waals surface area (Å²) in [7, 11) is 1.85. The highest BCUT2D eigenvalue weighted by Gasteiger charge is 2.23. The summed E-state index contributed by atoms with van der Waals surface area (Å²) in [6.45, 7) is 3.67. The number of carbonyl (C=O) groups is 1. The van der Waals surface area contributed by atoms with Gasteiger partial charge in [-0.05, 0) is 38.1 Å². The molecule has 0 saturated heterocycles. The van der Waals surface area contributed by atoms with E-state index in [1.165, 1.54) is 22.1 Å². The first-order valence-electron chi connectivity index (χ1n) is 13.3. The number of thiazole rings is 1. The van der Waals surface area contributed by atoms with Gasteiger partial charge >= 0.3 is 0 Å². The number of para-hydroxylation sites is 1. The Kier molecular flexibility index (Phi) is 7.23. The number of amides is 1. The van der Waals surface area contributed by atoms with Crippen molar-refractivity contribution >= 4 is 34.0 Å². The molecule has 0 fully saturated rings. The molecule has 4 heterocycles. The van der Waals surface area contributed by atoms with Crippen molar-refractivity contribution in [1.82, 2.24) is 39.6 Å². The molecule has 2 aromatic carbocycles. The molecule has 6 aromatic rings. The predicted octanol–water partition coefficient (Wildman–Crippen LogP) is 3.81. The lowest BCUT2D eigenvalue weighted by atomic mass is 10.1. The maximum atomic E-state index is 14.2. The quantitative estimate of drug-likeness (QED) is 0.290. The summed E-state index contributed by atoms with van der Waals surface area (Å²) in [5.74, 6) is 6.02. The zero-order valence-corrected chi connectivity index (χ0v) is 24.3. The van der Waals surface area contributed by atoms with Crippen LogP contribution in [0.1, 0.15) is 46.1 Å². The minimum absolute atomic E-state index is 0.0253. The summed E-state index contributed by atoms with van der Waals surface area (Å²) in [5.41, 5.74) is 11.6. The number of rotatable bonds is 5. The fourth-order valence-electron chi connectivity index (χ4n) is 4.58. The smallest absolute Gasteiger partial charge is 0.274 e. The van der Waals surface area contributed by atoms with E-state index in [1.807, 2.05) is 32.2 Å². The van der Waals surface area contributed by atoms with Crippen LogP contribution in [0.2, 0.25) is 0 Å². The predicted molar refractivity (Wildman–Crippen MR) is 165 cm³/mol. The second-order valence-corrected chi connectivity index (χ2v) is 10.4. The lowest BCUT2D eigenvalue weighted by Gasteiger charge is -2.20. The van der Waals surface area contributed by atoms with E-state index in [-0.39, 0.29) is 17.1 Å². The van der Waals surface area contributed by atoms with Crippen molar-refractivity contribution < 1.29 is 4.79 Å². The molecule has 0 saturated carbocycles. The summed E-state index contributed by atoms with van der Waals surface area (Å²) in [6, 6.07) is 13.8. The summed E-state index contributed by atoms with van der Waals surface area (Å²) < 4.78 is 3.24. The molecule has 0 aliphatic carbocycles. The molecule has 4 aromatic heterocycles. The third kappa shape index (κ3) is 5.25. The number of nitrogens with zero attached hydrogens (tertiary/aromatic N) is 7. The fraction of sp³-hybridized carbons (Fsp3) is 0.129. The first-order chi connectivity index (χ1) is 20.8. The molecule has 212 valence electrons. The molecule has 43 heavy (non-hydrogen) atoms. The lowest BCUT2D eigenvalue weighted by Crippen LogP contribution is -2.34. The van der Waals surface area contributed by atoms with Crippen LogP contribution in [0.3, 0.4) is 0 Å². The molecule has 0 aliphatic heterocycles. The summed E-state index contributed by atoms with van der Waals surface area (Å²) in [6.07, 6.45) is 3.17. The van der Waals surface area contributed by atoms with Crippen LogP contribution in [0.5, 0.6) is 0 Å². The average Bonchev–Trinajstić information content (AvgIpc) is 3.66. The number of aryl methyl sites for hydroxylation is 1. The van der Waals surface area contributed by atoms with Crippen LogP contribution < -0.4 is 16.6 Å². The largest absolute Gasteiger partial charge is 0.382 e. The number of anilines is 1. The number of nitrogens with two attached hydrogens (primary N) is 1. The highest BCUT2D eigenvalue weighted by Crippen LogP contribution is 2.22. The Hall–Kier alpha value is -5.67. The van der Waals surface area contributed by atoms with Crippen molar-refractivity contribution in [3.63, 3.8) is 0 Å². The number of fused-ring (bicyclic) bond motifs is 1. The molecule has 0 aliphatic rings. The number of nitrogens with one attached hydrogen (secondary N) is 1. The van der Waals surface area contributed by atoms with E-state index in [0.29, 0.717) is 39.4 Å². The number of benzene rings is 2. The van der Waals surface area contributed by atoms with Crippen molar-refractivity contribution in [1.29, 1.82) is 0 Å². The topological polar surface area (TPSA) is 146 Å². The van der Waals surface area contributed by atoms with Gasteiger partial charge in [0.2, 0.25) is 0 Å². The molecule has 3 N–H and O–H groups in total. The molecule has 11 nitrogen and oxygen atoms in total. The molecule has 1 amide bonds. The Morgan fingerprint density at radius 2 is 1.79 bits per heavy atom. The van der Waals surface area contributed by atoms with Crippen LogP contribution in [-0.2, 0) is 7.05 Å². The van der Waals surface area contributed by atoms with Crippen LogP contribution in [0, 0.1) is 18.8 Å². The van der Waals surface area contributed by atoms with E-state index in [0.717, 1.165) is 11.3 Å². The molecule has 1 atom stereocenters. The zero-order valence-electron chi connectivity index (χ0n) is 23.4. The average molecular weight is 588 g/mol. The fourth-order valence-corrected chi connectivity index (χ4v) is 5.13. The lowest BCUT2D eigenvalue weighted by molar-refractivity contribution is 0.0933. The number of aromatic nitrogens is 7. The Morgan fingerprint density at radius 1 is 1.00 bits per heavy atom. The van der Waals surface area contributed by atoms with Gasteiger partial charge in [0.1, 0.15) is 17.2 Å². The molecule has 6 rings (SSSR count). The highest BCUT2D eigenvalue weighted by atomic mass is 32.1. The van der Waals surface area contributed by atoms with Gasteiger partial charge in [-0.15, -0.1) is 11.3 Å². The Bertz CT molecular complexity index is 2110. The first kappa shape index (κ1) is 27.5. The van der Waals surface area contributed by atoms with E-state index in [4.69, 9.17) is 10.7 Å². The van der Waals surface area contributed by atoms with Crippen molar-refractivity contribution in [2.45, 2.75) is 19.9 Å². The van der Waals surface area contributed by atoms with Crippen molar-refractivity contribution in [2.24, 2.45) is 7.05 Å². The molecular formula is C31H25N9O2S. The van der Waals surface area contributed by atoms with E-state index in [9.17, 15) is 9.59 Å². The maximum Gasteiger partial charge on any atom is 0.274 e. The SMILES string of the molecule is Cc1c(C#Cc2cccc3nc([C@@H](C)NC(=O)c4nc(-c5cscn5)cnc4N)n(-c4ccccc4)c(=O)c23)cnn1C. The summed E-state index contributed by atoms with van der Waals surface area (Å²) in [5, 5.41) is 9.32. The van der Waals surface area contributed by atoms with Gasteiger partial charge in [0, 0.05) is 18.0 Å². The van der Waals surface area contributed by atoms with E-state index >= 15 is 0 Å². The van der Waals surface area contributed by atoms with Gasteiger partial charge in [-0.3, -0.25) is 18.8 Å². The van der Waals surface area contributed by atoms with Crippen LogP contribution >= 0.6 is 11.3 Å². The number of carbonyl (C=O) groups excluding carboxylic acids is 1. The van der Waals surface area contributed by atoms with Gasteiger partial charge < -0.3 is 11.1 Å². The Balaban J connectivity index is 1.44. The second-order valence-electron chi connectivity index (χ2n) is 9.72. The van der Waals surface area contributed by atoms with Crippen LogP contribution in [0.15, 0.2) is 76.6 Å². The van der Waals surface area contributed by atoms with E-state index in [1.54, 1.807) is 59.0 Å². The van der Waals surface area contributed by atoms with Crippen LogP contribution in [-0.4, -0.2) is 40.2 Å². The van der Waals surface area contributed by atoms with E-state index < -0.39 is 11.9 Å². The minimum atomic E-state index is -0.721. The zero-order chi connectivity index (χ0) is 30.1. The molecule has 12 heteroatoms. The van der Waals surface area contributed by atoms with Crippen LogP contribution in [0.4, 0.5) is 5.82 Å². The number of hydrogen-bond acceptors (Lipinski definition) is 9. The number of hydrogen-bond donors (Lipinski definition) is 2. The first-order valence-corrected chi connectivity index (χ1v) is 14.2. The van der Waals surface area contributed by atoms with Gasteiger partial charge in [0.25, 0.3) is 11.5 Å². The third-order valence-electron chi connectivity index (χ3n) is 6.95.